The van der Waals surface area contributed by atoms with Gasteiger partial charge in [0.05, 0.1) is 6.20 Å². The average molecular weight is 214 g/mol. The molecule has 0 radical (unpaired) electrons. The smallest absolute Gasteiger partial charge is 0.0565 e. The zero-order valence-corrected chi connectivity index (χ0v) is 10.3. The Kier molecular flexibility index (Phi) is 2.58. The van der Waals surface area contributed by atoms with E-state index >= 15 is 0 Å². The summed E-state index contributed by atoms with van der Waals surface area (Å²) in [6, 6.07) is 6.48. The molecule has 0 bridgehead atoms. The number of rotatable bonds is 1. The van der Waals surface area contributed by atoms with Gasteiger partial charge in [-0.1, -0.05) is 39.0 Å². The van der Waals surface area contributed by atoms with Crippen molar-refractivity contribution in [2.75, 3.05) is 0 Å². The SMILES string of the molecule is Cc1c(-c2cn[nH]c2)cccc1C(C)(C)C. The van der Waals surface area contributed by atoms with Crippen LogP contribution in [0, 0.1) is 6.92 Å². The van der Waals surface area contributed by atoms with E-state index in [9.17, 15) is 0 Å². The minimum Gasteiger partial charge on any atom is -0.285 e. The first kappa shape index (κ1) is 10.9. The molecule has 2 heteroatoms. The Balaban J connectivity index is 2.58. The van der Waals surface area contributed by atoms with Gasteiger partial charge in [-0.3, -0.25) is 5.10 Å². The minimum absolute atomic E-state index is 0.184. The van der Waals surface area contributed by atoms with Crippen LogP contribution >= 0.6 is 0 Å². The fourth-order valence-corrected chi connectivity index (χ4v) is 2.16. The summed E-state index contributed by atoms with van der Waals surface area (Å²) in [5, 5.41) is 6.87. The number of nitrogens with one attached hydrogen (secondary N) is 1. The molecule has 0 saturated heterocycles. The minimum atomic E-state index is 0.184. The number of H-pyrrole nitrogens is 1. The fraction of sp³-hybridized carbons (Fsp3) is 0.357. The van der Waals surface area contributed by atoms with Gasteiger partial charge in [0.15, 0.2) is 0 Å². The van der Waals surface area contributed by atoms with E-state index in [1.165, 1.54) is 16.7 Å². The van der Waals surface area contributed by atoms with Crippen LogP contribution in [0.3, 0.4) is 0 Å². The second kappa shape index (κ2) is 3.78. The maximum absolute atomic E-state index is 4.01. The Morgan fingerprint density at radius 3 is 2.50 bits per heavy atom. The highest BCUT2D eigenvalue weighted by Crippen LogP contribution is 2.31. The number of nitrogens with zero attached hydrogens (tertiary/aromatic N) is 1. The molecule has 1 N–H and O–H groups in total. The Morgan fingerprint density at radius 2 is 1.94 bits per heavy atom. The first-order valence-electron chi connectivity index (χ1n) is 5.59. The first-order chi connectivity index (χ1) is 7.50. The Hall–Kier alpha value is -1.57. The quantitative estimate of drug-likeness (QED) is 0.770. The molecule has 2 rings (SSSR count). The molecule has 0 unspecified atom stereocenters. The highest BCUT2D eigenvalue weighted by molar-refractivity contribution is 5.67. The molecule has 1 aromatic heterocycles. The van der Waals surface area contributed by atoms with Crippen molar-refractivity contribution in [3.63, 3.8) is 0 Å². The van der Waals surface area contributed by atoms with Crippen molar-refractivity contribution < 1.29 is 0 Å². The van der Waals surface area contributed by atoms with Crippen molar-refractivity contribution >= 4 is 0 Å². The molecule has 0 saturated carbocycles. The molecule has 0 fully saturated rings. The van der Waals surface area contributed by atoms with Gasteiger partial charge < -0.3 is 0 Å². The summed E-state index contributed by atoms with van der Waals surface area (Å²) in [4.78, 5) is 0. The lowest BCUT2D eigenvalue weighted by Gasteiger charge is -2.23. The maximum atomic E-state index is 4.01. The molecule has 2 nitrogen and oxygen atoms in total. The zero-order valence-electron chi connectivity index (χ0n) is 10.3. The molecule has 2 aromatic rings. The van der Waals surface area contributed by atoms with Gasteiger partial charge in [-0.05, 0) is 29.0 Å². The predicted molar refractivity (Wildman–Crippen MR) is 67.5 cm³/mol. The van der Waals surface area contributed by atoms with Gasteiger partial charge in [0, 0.05) is 11.8 Å². The van der Waals surface area contributed by atoms with E-state index in [0.717, 1.165) is 5.56 Å². The monoisotopic (exact) mass is 214 g/mol. The summed E-state index contributed by atoms with van der Waals surface area (Å²) in [6.07, 6.45) is 3.81. The molecular formula is C14H18N2. The van der Waals surface area contributed by atoms with Gasteiger partial charge in [-0.2, -0.15) is 5.10 Å². The van der Waals surface area contributed by atoms with Crippen LogP contribution in [0.25, 0.3) is 11.1 Å². The van der Waals surface area contributed by atoms with E-state index in [4.69, 9.17) is 0 Å². The molecule has 0 amide bonds. The summed E-state index contributed by atoms with van der Waals surface area (Å²) >= 11 is 0. The average Bonchev–Trinajstić information content (AvgIpc) is 2.69. The molecule has 1 aromatic carbocycles. The molecule has 16 heavy (non-hydrogen) atoms. The second-order valence-corrected chi connectivity index (χ2v) is 5.22. The molecule has 0 atom stereocenters. The van der Waals surface area contributed by atoms with E-state index in [1.54, 1.807) is 0 Å². The van der Waals surface area contributed by atoms with Crippen molar-refractivity contribution in [3.8, 4) is 11.1 Å². The molecule has 1 heterocycles. The number of hydrogen-bond donors (Lipinski definition) is 1. The van der Waals surface area contributed by atoms with Gasteiger partial charge in [-0.25, -0.2) is 0 Å². The van der Waals surface area contributed by atoms with Crippen molar-refractivity contribution in [1.82, 2.24) is 10.2 Å². The van der Waals surface area contributed by atoms with Gasteiger partial charge in [-0.15, -0.1) is 0 Å². The van der Waals surface area contributed by atoms with Crippen molar-refractivity contribution in [3.05, 3.63) is 41.7 Å². The highest BCUT2D eigenvalue weighted by Gasteiger charge is 2.18. The summed E-state index contributed by atoms with van der Waals surface area (Å²) in [5.74, 6) is 0. The summed E-state index contributed by atoms with van der Waals surface area (Å²) < 4.78 is 0. The summed E-state index contributed by atoms with van der Waals surface area (Å²) in [6.45, 7) is 8.92. The van der Waals surface area contributed by atoms with Crippen LogP contribution in [0.15, 0.2) is 30.6 Å². The summed E-state index contributed by atoms with van der Waals surface area (Å²) in [7, 11) is 0. The third-order valence-corrected chi connectivity index (χ3v) is 2.95. The van der Waals surface area contributed by atoms with Crippen molar-refractivity contribution in [1.29, 1.82) is 0 Å². The fourth-order valence-electron chi connectivity index (χ4n) is 2.16. The Bertz CT molecular complexity index is 476. The van der Waals surface area contributed by atoms with Crippen LogP contribution < -0.4 is 0 Å². The lowest BCUT2D eigenvalue weighted by molar-refractivity contribution is 0.586. The zero-order chi connectivity index (χ0) is 11.8. The van der Waals surface area contributed by atoms with Gasteiger partial charge in [0.25, 0.3) is 0 Å². The lowest BCUT2D eigenvalue weighted by atomic mass is 9.82. The maximum Gasteiger partial charge on any atom is 0.0565 e. The molecule has 0 spiro atoms. The lowest BCUT2D eigenvalue weighted by Crippen LogP contribution is -2.13. The van der Waals surface area contributed by atoms with Gasteiger partial charge >= 0.3 is 0 Å². The third-order valence-electron chi connectivity index (χ3n) is 2.95. The predicted octanol–water partition coefficient (Wildman–Crippen LogP) is 3.68. The Morgan fingerprint density at radius 1 is 1.19 bits per heavy atom. The van der Waals surface area contributed by atoms with Crippen molar-refractivity contribution in [2.24, 2.45) is 0 Å². The normalized spacial score (nSPS) is 11.8. The van der Waals surface area contributed by atoms with Crippen LogP contribution in [0.4, 0.5) is 0 Å². The number of aromatic amines is 1. The van der Waals surface area contributed by atoms with Crippen LogP contribution in [-0.4, -0.2) is 10.2 Å². The molecule has 0 aliphatic carbocycles. The first-order valence-corrected chi connectivity index (χ1v) is 5.59. The number of aromatic nitrogens is 2. The van der Waals surface area contributed by atoms with E-state index in [-0.39, 0.29) is 5.41 Å². The molecule has 0 aliphatic rings. The molecular weight excluding hydrogens is 196 g/mol. The highest BCUT2D eigenvalue weighted by atomic mass is 15.1. The Labute approximate surface area is 96.7 Å². The van der Waals surface area contributed by atoms with E-state index in [1.807, 2.05) is 12.4 Å². The van der Waals surface area contributed by atoms with Gasteiger partial charge in [0.2, 0.25) is 0 Å². The molecule has 0 aliphatic heterocycles. The van der Waals surface area contributed by atoms with Crippen molar-refractivity contribution in [2.45, 2.75) is 33.1 Å². The second-order valence-electron chi connectivity index (χ2n) is 5.22. The summed E-state index contributed by atoms with van der Waals surface area (Å²) in [5.41, 5.74) is 5.34. The largest absolute Gasteiger partial charge is 0.285 e. The number of hydrogen-bond acceptors (Lipinski definition) is 1. The van der Waals surface area contributed by atoms with E-state index < -0.39 is 0 Å². The topological polar surface area (TPSA) is 28.7 Å². The van der Waals surface area contributed by atoms with Crippen LogP contribution in [0.5, 0.6) is 0 Å². The van der Waals surface area contributed by atoms with E-state index in [2.05, 4.69) is 56.1 Å². The van der Waals surface area contributed by atoms with E-state index in [0.29, 0.717) is 0 Å². The molecule has 84 valence electrons. The third kappa shape index (κ3) is 1.87. The van der Waals surface area contributed by atoms with Crippen LogP contribution in [0.2, 0.25) is 0 Å². The van der Waals surface area contributed by atoms with Gasteiger partial charge in [0.1, 0.15) is 0 Å². The number of benzene rings is 1. The standard InChI is InChI=1S/C14H18N2/c1-10-12(11-8-15-16-9-11)6-5-7-13(10)14(2,3)4/h5-9H,1-4H3,(H,15,16). The van der Waals surface area contributed by atoms with Crippen LogP contribution in [0.1, 0.15) is 31.9 Å². The van der Waals surface area contributed by atoms with Crippen LogP contribution in [-0.2, 0) is 5.41 Å².